The summed E-state index contributed by atoms with van der Waals surface area (Å²) in [7, 11) is 1.85. The van der Waals surface area contributed by atoms with Crippen molar-refractivity contribution in [2.75, 3.05) is 39.8 Å². The van der Waals surface area contributed by atoms with Gasteiger partial charge in [-0.25, -0.2) is 0 Å². The Hall–Kier alpha value is -0.770. The molecule has 0 aromatic heterocycles. The van der Waals surface area contributed by atoms with E-state index in [1.54, 1.807) is 0 Å². The van der Waals surface area contributed by atoms with E-state index in [9.17, 15) is 0 Å². The van der Waals surface area contributed by atoms with Crippen molar-refractivity contribution in [2.45, 2.75) is 58.8 Å². The summed E-state index contributed by atoms with van der Waals surface area (Å²) in [6, 6.07) is 0. The molecule has 0 spiro atoms. The number of nitrogens with zero attached hydrogens (tertiary/aromatic N) is 2. The third kappa shape index (κ3) is 8.97. The molecule has 0 aromatic carbocycles. The van der Waals surface area contributed by atoms with E-state index in [2.05, 4.69) is 34.4 Å². The number of aliphatic imine (C=N–C) groups is 1. The van der Waals surface area contributed by atoms with Crippen molar-refractivity contribution in [3.8, 4) is 0 Å². The van der Waals surface area contributed by atoms with Crippen molar-refractivity contribution in [3.05, 3.63) is 0 Å². The van der Waals surface area contributed by atoms with Crippen LogP contribution in [0, 0.1) is 5.92 Å². The highest BCUT2D eigenvalue weighted by Crippen LogP contribution is 2.15. The molecule has 0 amide bonds. The van der Waals surface area contributed by atoms with Crippen LogP contribution >= 0.6 is 0 Å². The quantitative estimate of drug-likeness (QED) is 0.390. The van der Waals surface area contributed by atoms with Crippen LogP contribution in [0.25, 0.3) is 0 Å². The van der Waals surface area contributed by atoms with Crippen molar-refractivity contribution in [3.63, 3.8) is 0 Å². The lowest BCUT2D eigenvalue weighted by Crippen LogP contribution is -2.38. The summed E-state index contributed by atoms with van der Waals surface area (Å²) in [5.41, 5.74) is 0. The predicted molar refractivity (Wildman–Crippen MR) is 93.0 cm³/mol. The summed E-state index contributed by atoms with van der Waals surface area (Å²) in [6.45, 7) is 10.5. The lowest BCUT2D eigenvalue weighted by Gasteiger charge is -2.30. The molecule has 1 saturated heterocycles. The Kier molecular flexibility index (Phi) is 10.3. The van der Waals surface area contributed by atoms with Gasteiger partial charge in [-0.3, -0.25) is 4.99 Å². The second-order valence-electron chi connectivity index (χ2n) is 6.39. The van der Waals surface area contributed by atoms with Crippen LogP contribution in [0.15, 0.2) is 4.99 Å². The highest BCUT2D eigenvalue weighted by Gasteiger charge is 2.15. The molecule has 1 fully saturated rings. The van der Waals surface area contributed by atoms with Crippen molar-refractivity contribution < 1.29 is 0 Å². The smallest absolute Gasteiger partial charge is 0.190 e. The maximum atomic E-state index is 4.27. The van der Waals surface area contributed by atoms with E-state index in [4.69, 9.17) is 0 Å². The fraction of sp³-hybridized carbons (Fsp3) is 0.941. The highest BCUT2D eigenvalue weighted by atomic mass is 15.2. The van der Waals surface area contributed by atoms with E-state index in [0.29, 0.717) is 0 Å². The number of rotatable bonds is 9. The second-order valence-corrected chi connectivity index (χ2v) is 6.39. The number of unbranched alkanes of at least 4 members (excludes halogenated alkanes) is 3. The number of hydrogen-bond acceptors (Lipinski definition) is 2. The molecular weight excluding hydrogens is 260 g/mol. The van der Waals surface area contributed by atoms with Gasteiger partial charge < -0.3 is 15.5 Å². The Bertz CT molecular complexity index is 278. The molecule has 0 radical (unpaired) electrons. The first-order valence-corrected chi connectivity index (χ1v) is 8.93. The lowest BCUT2D eigenvalue weighted by atomic mass is 10.0. The zero-order chi connectivity index (χ0) is 15.3. The summed E-state index contributed by atoms with van der Waals surface area (Å²) in [5, 5.41) is 6.79. The molecule has 1 aliphatic heterocycles. The molecule has 1 rings (SSSR count). The average Bonchev–Trinajstić information content (AvgIpc) is 2.49. The van der Waals surface area contributed by atoms with Gasteiger partial charge >= 0.3 is 0 Å². The minimum Gasteiger partial charge on any atom is -0.356 e. The zero-order valence-corrected chi connectivity index (χ0v) is 14.5. The van der Waals surface area contributed by atoms with Crippen LogP contribution in [-0.4, -0.2) is 50.6 Å². The first kappa shape index (κ1) is 18.3. The minimum atomic E-state index is 0.892. The van der Waals surface area contributed by atoms with E-state index in [-0.39, 0.29) is 0 Å². The first-order chi connectivity index (χ1) is 10.3. The molecule has 4 nitrogen and oxygen atoms in total. The number of likely N-dealkylation sites (tertiary alicyclic amines) is 1. The number of nitrogens with one attached hydrogen (secondary N) is 2. The van der Waals surface area contributed by atoms with Crippen LogP contribution in [0.5, 0.6) is 0 Å². The van der Waals surface area contributed by atoms with Gasteiger partial charge in [0.05, 0.1) is 0 Å². The third-order valence-corrected chi connectivity index (χ3v) is 4.23. The Morgan fingerprint density at radius 2 is 1.86 bits per heavy atom. The van der Waals surface area contributed by atoms with Crippen molar-refractivity contribution in [1.82, 2.24) is 15.5 Å². The molecule has 0 saturated carbocycles. The van der Waals surface area contributed by atoms with Gasteiger partial charge in [0.2, 0.25) is 0 Å². The molecular formula is C17H36N4. The Morgan fingerprint density at radius 1 is 1.14 bits per heavy atom. The van der Waals surface area contributed by atoms with E-state index in [1.165, 1.54) is 64.6 Å². The number of hydrogen-bond donors (Lipinski definition) is 2. The van der Waals surface area contributed by atoms with Crippen molar-refractivity contribution in [1.29, 1.82) is 0 Å². The van der Waals surface area contributed by atoms with Gasteiger partial charge in [0, 0.05) is 26.7 Å². The molecule has 1 heterocycles. The molecule has 2 N–H and O–H groups in total. The second kappa shape index (κ2) is 11.8. The molecule has 1 unspecified atom stereocenters. The molecule has 1 atom stereocenters. The van der Waals surface area contributed by atoms with Crippen molar-refractivity contribution >= 4 is 5.96 Å². The van der Waals surface area contributed by atoms with Crippen LogP contribution in [0.3, 0.4) is 0 Å². The van der Waals surface area contributed by atoms with Crippen LogP contribution < -0.4 is 10.6 Å². The lowest BCUT2D eigenvalue weighted by molar-refractivity contribution is 0.181. The topological polar surface area (TPSA) is 39.7 Å². The highest BCUT2D eigenvalue weighted by molar-refractivity contribution is 5.79. The van der Waals surface area contributed by atoms with Gasteiger partial charge in [-0.1, -0.05) is 26.7 Å². The molecule has 21 heavy (non-hydrogen) atoms. The molecule has 1 aliphatic rings. The summed E-state index contributed by atoms with van der Waals surface area (Å²) >= 11 is 0. The van der Waals surface area contributed by atoms with Gasteiger partial charge in [-0.15, -0.1) is 0 Å². The number of piperidine rings is 1. The fourth-order valence-corrected chi connectivity index (χ4v) is 2.96. The molecule has 0 bridgehead atoms. The molecule has 4 heteroatoms. The van der Waals surface area contributed by atoms with Gasteiger partial charge in [0.15, 0.2) is 5.96 Å². The maximum absolute atomic E-state index is 4.27. The predicted octanol–water partition coefficient (Wildman–Crippen LogP) is 2.85. The summed E-state index contributed by atoms with van der Waals surface area (Å²) in [6.07, 6.45) is 9.09. The molecule has 124 valence electrons. The average molecular weight is 297 g/mol. The van der Waals surface area contributed by atoms with E-state index in [0.717, 1.165) is 25.0 Å². The minimum absolute atomic E-state index is 0.892. The van der Waals surface area contributed by atoms with Gasteiger partial charge in [0.1, 0.15) is 0 Å². The Labute approximate surface area is 131 Å². The molecule has 0 aromatic rings. The standard InChI is InChI=1S/C17H36N4/c1-4-5-6-11-19-17(18-3)20-12-7-8-13-21-14-9-10-16(2)15-21/h16H,4-15H2,1-3H3,(H2,18,19,20). The van der Waals surface area contributed by atoms with Gasteiger partial charge in [0.25, 0.3) is 0 Å². The van der Waals surface area contributed by atoms with Crippen LogP contribution in [0.4, 0.5) is 0 Å². The monoisotopic (exact) mass is 296 g/mol. The summed E-state index contributed by atoms with van der Waals surface area (Å²) in [5.74, 6) is 1.85. The summed E-state index contributed by atoms with van der Waals surface area (Å²) in [4.78, 5) is 6.90. The van der Waals surface area contributed by atoms with E-state index < -0.39 is 0 Å². The first-order valence-electron chi connectivity index (χ1n) is 8.93. The Balaban J connectivity index is 1.99. The zero-order valence-electron chi connectivity index (χ0n) is 14.5. The number of guanidine groups is 1. The van der Waals surface area contributed by atoms with Gasteiger partial charge in [-0.2, -0.15) is 0 Å². The third-order valence-electron chi connectivity index (χ3n) is 4.23. The van der Waals surface area contributed by atoms with E-state index >= 15 is 0 Å². The van der Waals surface area contributed by atoms with Crippen LogP contribution in [0.2, 0.25) is 0 Å². The molecule has 0 aliphatic carbocycles. The van der Waals surface area contributed by atoms with Crippen LogP contribution in [-0.2, 0) is 0 Å². The van der Waals surface area contributed by atoms with Crippen LogP contribution in [0.1, 0.15) is 58.8 Å². The normalized spacial score (nSPS) is 20.5. The van der Waals surface area contributed by atoms with E-state index in [1.807, 2.05) is 7.05 Å². The fourth-order valence-electron chi connectivity index (χ4n) is 2.96. The Morgan fingerprint density at radius 3 is 2.48 bits per heavy atom. The van der Waals surface area contributed by atoms with Gasteiger partial charge in [-0.05, 0) is 51.1 Å². The van der Waals surface area contributed by atoms with Crippen molar-refractivity contribution in [2.24, 2.45) is 10.9 Å². The SMILES string of the molecule is CCCCCNC(=NC)NCCCCN1CCCC(C)C1. The summed E-state index contributed by atoms with van der Waals surface area (Å²) < 4.78 is 0. The maximum Gasteiger partial charge on any atom is 0.190 e. The largest absolute Gasteiger partial charge is 0.356 e.